The van der Waals surface area contributed by atoms with Crippen LogP contribution in [-0.4, -0.2) is 4.98 Å². The van der Waals surface area contributed by atoms with E-state index in [1.165, 1.54) is 0 Å². The molecule has 1 aromatic heterocycles. The molecule has 0 aliphatic carbocycles. The van der Waals surface area contributed by atoms with Crippen molar-refractivity contribution in [1.29, 1.82) is 5.26 Å². The van der Waals surface area contributed by atoms with Gasteiger partial charge in [0.15, 0.2) is 0 Å². The Hall–Kier alpha value is -1.36. The molecule has 0 spiro atoms. The van der Waals surface area contributed by atoms with Gasteiger partial charge in [-0.1, -0.05) is 0 Å². The molecule has 1 heterocycles. The van der Waals surface area contributed by atoms with Crippen molar-refractivity contribution in [3.05, 3.63) is 30.1 Å². The van der Waals surface area contributed by atoms with Crippen LogP contribution in [0.2, 0.25) is 0 Å². The highest BCUT2D eigenvalue weighted by atomic mass is 14.6. The lowest BCUT2D eigenvalue weighted by Gasteiger charge is -1.78. The first-order valence-electron chi connectivity index (χ1n) is 2.15. The van der Waals surface area contributed by atoms with E-state index in [-0.39, 0.29) is 0 Å². The van der Waals surface area contributed by atoms with Crippen molar-refractivity contribution in [3.8, 4) is 6.07 Å². The van der Waals surface area contributed by atoms with Gasteiger partial charge in [0, 0.05) is 6.20 Å². The largest absolute Gasteiger partial charge is 0.255 e. The summed E-state index contributed by atoms with van der Waals surface area (Å²) in [6, 6.07) is 5.13. The molecule has 37 valence electrons. The van der Waals surface area contributed by atoms with E-state index in [4.69, 9.17) is 5.26 Å². The highest BCUT2D eigenvalue weighted by Gasteiger charge is 1.81. The zero-order chi connectivity index (χ0) is 5.82. The highest BCUT2D eigenvalue weighted by Crippen LogP contribution is 1.89. The number of nitrogens with zero attached hydrogens (tertiary/aromatic N) is 2. The smallest absolute Gasteiger partial charge is 0.0992 e. The fourth-order valence-corrected chi connectivity index (χ4v) is 0.385. The van der Waals surface area contributed by atoms with E-state index in [0.29, 0.717) is 5.56 Å². The topological polar surface area (TPSA) is 36.7 Å². The van der Waals surface area contributed by atoms with Crippen molar-refractivity contribution in [2.75, 3.05) is 0 Å². The molecule has 0 amide bonds. The molecule has 1 aromatic rings. The summed E-state index contributed by atoms with van der Waals surface area (Å²) in [5.74, 6) is 0. The van der Waals surface area contributed by atoms with Crippen molar-refractivity contribution >= 4 is 0 Å². The van der Waals surface area contributed by atoms with E-state index in [1.54, 1.807) is 18.3 Å². The van der Waals surface area contributed by atoms with Gasteiger partial charge >= 0.3 is 0 Å². The van der Waals surface area contributed by atoms with E-state index in [0.717, 1.165) is 0 Å². The lowest BCUT2D eigenvalue weighted by atomic mass is 10.3. The van der Waals surface area contributed by atoms with E-state index >= 15 is 0 Å². The van der Waals surface area contributed by atoms with Crippen LogP contribution in [0.5, 0.6) is 0 Å². The molecule has 0 aliphatic heterocycles. The van der Waals surface area contributed by atoms with Gasteiger partial charge < -0.3 is 0 Å². The Morgan fingerprint density at radius 1 is 1.75 bits per heavy atom. The van der Waals surface area contributed by atoms with Crippen LogP contribution in [0.1, 0.15) is 5.56 Å². The molecule has 0 saturated heterocycles. The summed E-state index contributed by atoms with van der Waals surface area (Å²) in [6.45, 7) is 0. The standard InChI is InChI=1S/C6H3N2/c7-5-6-1-3-8-4-2-6/h1-3H. The summed E-state index contributed by atoms with van der Waals surface area (Å²) in [7, 11) is 0. The zero-order valence-electron chi connectivity index (χ0n) is 4.13. The van der Waals surface area contributed by atoms with E-state index in [2.05, 4.69) is 11.2 Å². The number of pyridine rings is 1. The molecule has 0 bridgehead atoms. The fraction of sp³-hybridized carbons (Fsp3) is 0. The Kier molecular flexibility index (Phi) is 1.25. The van der Waals surface area contributed by atoms with Crippen LogP contribution in [0.25, 0.3) is 0 Å². The fourth-order valence-electron chi connectivity index (χ4n) is 0.385. The Balaban J connectivity index is 3.05. The van der Waals surface area contributed by atoms with Gasteiger partial charge in [0.25, 0.3) is 0 Å². The van der Waals surface area contributed by atoms with Crippen molar-refractivity contribution in [2.45, 2.75) is 0 Å². The Morgan fingerprint density at radius 2 is 2.62 bits per heavy atom. The van der Waals surface area contributed by atoms with Gasteiger partial charge in [-0.2, -0.15) is 5.26 Å². The first-order valence-corrected chi connectivity index (χ1v) is 2.15. The maximum Gasteiger partial charge on any atom is 0.0992 e. The average molecular weight is 103 g/mol. The molecular weight excluding hydrogens is 100 g/mol. The first kappa shape index (κ1) is 4.79. The Labute approximate surface area is 47.4 Å². The normalized spacial score (nSPS) is 7.88. The molecule has 0 unspecified atom stereocenters. The van der Waals surface area contributed by atoms with Gasteiger partial charge in [-0.15, -0.1) is 0 Å². The van der Waals surface area contributed by atoms with E-state index in [1.807, 2.05) is 6.07 Å². The maximum atomic E-state index is 8.24. The summed E-state index contributed by atoms with van der Waals surface area (Å²) < 4.78 is 0. The Morgan fingerprint density at radius 3 is 3.00 bits per heavy atom. The van der Waals surface area contributed by atoms with Gasteiger partial charge in [-0.3, -0.25) is 4.98 Å². The molecule has 0 saturated carbocycles. The summed E-state index contributed by atoms with van der Waals surface area (Å²) in [5.41, 5.74) is 0.597. The van der Waals surface area contributed by atoms with Gasteiger partial charge in [-0.25, -0.2) is 0 Å². The first-order chi connectivity index (χ1) is 3.93. The molecule has 0 aromatic carbocycles. The third-order valence-electron chi connectivity index (χ3n) is 0.752. The SMILES string of the molecule is N#Cc1c[c]ncc1. The van der Waals surface area contributed by atoms with Crippen LogP contribution in [-0.2, 0) is 0 Å². The van der Waals surface area contributed by atoms with Crippen LogP contribution in [0, 0.1) is 17.5 Å². The lowest BCUT2D eigenvalue weighted by molar-refractivity contribution is 1.30. The zero-order valence-corrected chi connectivity index (χ0v) is 4.13. The molecule has 1 radical (unpaired) electrons. The van der Waals surface area contributed by atoms with Crippen LogP contribution in [0.4, 0.5) is 0 Å². The minimum Gasteiger partial charge on any atom is -0.255 e. The molecular formula is C6H3N2. The number of hydrogen-bond acceptors (Lipinski definition) is 2. The molecule has 1 rings (SSSR count). The van der Waals surface area contributed by atoms with Gasteiger partial charge in [0.2, 0.25) is 0 Å². The maximum absolute atomic E-state index is 8.24. The molecule has 2 nitrogen and oxygen atoms in total. The second kappa shape index (κ2) is 2.08. The minimum atomic E-state index is 0.597. The van der Waals surface area contributed by atoms with Gasteiger partial charge in [0.1, 0.15) is 0 Å². The lowest BCUT2D eigenvalue weighted by Crippen LogP contribution is -1.72. The summed E-state index contributed by atoms with van der Waals surface area (Å²) in [6.07, 6.45) is 4.08. The summed E-state index contributed by atoms with van der Waals surface area (Å²) in [5, 5.41) is 8.24. The van der Waals surface area contributed by atoms with Crippen molar-refractivity contribution in [2.24, 2.45) is 0 Å². The van der Waals surface area contributed by atoms with Crippen molar-refractivity contribution < 1.29 is 0 Å². The molecule has 0 N–H and O–H groups in total. The number of aromatic nitrogens is 1. The molecule has 0 aliphatic rings. The molecule has 8 heavy (non-hydrogen) atoms. The van der Waals surface area contributed by atoms with Crippen molar-refractivity contribution in [3.63, 3.8) is 0 Å². The predicted molar refractivity (Wildman–Crippen MR) is 27.8 cm³/mol. The second-order valence-electron chi connectivity index (χ2n) is 1.29. The van der Waals surface area contributed by atoms with Gasteiger partial charge in [-0.05, 0) is 12.1 Å². The van der Waals surface area contributed by atoms with E-state index in [9.17, 15) is 0 Å². The number of nitriles is 1. The Bertz CT molecular complexity index is 198. The molecule has 2 heteroatoms. The van der Waals surface area contributed by atoms with Crippen molar-refractivity contribution in [1.82, 2.24) is 4.98 Å². The predicted octanol–water partition coefficient (Wildman–Crippen LogP) is 0.753. The third kappa shape index (κ3) is 0.824. The molecule has 0 fully saturated rings. The second-order valence-corrected chi connectivity index (χ2v) is 1.29. The number of rotatable bonds is 0. The monoisotopic (exact) mass is 103 g/mol. The van der Waals surface area contributed by atoms with Crippen LogP contribution in [0.15, 0.2) is 18.3 Å². The van der Waals surface area contributed by atoms with Crippen LogP contribution in [0.3, 0.4) is 0 Å². The third-order valence-corrected chi connectivity index (χ3v) is 0.752. The van der Waals surface area contributed by atoms with Crippen LogP contribution < -0.4 is 0 Å². The summed E-state index contributed by atoms with van der Waals surface area (Å²) in [4.78, 5) is 3.62. The van der Waals surface area contributed by atoms with Crippen LogP contribution >= 0.6 is 0 Å². The molecule has 0 atom stereocenters. The quantitative estimate of drug-likeness (QED) is 0.486. The van der Waals surface area contributed by atoms with Gasteiger partial charge in [0.05, 0.1) is 17.8 Å². The summed E-state index contributed by atoms with van der Waals surface area (Å²) >= 11 is 0. The average Bonchev–Trinajstić information content (AvgIpc) is 1.90. The highest BCUT2D eigenvalue weighted by molar-refractivity contribution is 5.24. The number of hydrogen-bond donors (Lipinski definition) is 0. The minimum absolute atomic E-state index is 0.597. The van der Waals surface area contributed by atoms with E-state index < -0.39 is 0 Å².